The average Bonchev–Trinajstić information content (AvgIpc) is 2.59. The van der Waals surface area contributed by atoms with E-state index in [2.05, 4.69) is 9.46 Å². The quantitative estimate of drug-likeness (QED) is 0.783. The number of nitrogens with one attached hydrogen (secondary N) is 1. The van der Waals surface area contributed by atoms with Crippen LogP contribution in [0.1, 0.15) is 48.5 Å². The Bertz CT molecular complexity index is 804. The molecule has 1 fully saturated rings. The van der Waals surface area contributed by atoms with E-state index < -0.39 is 33.4 Å². The molecule has 1 saturated carbocycles. The van der Waals surface area contributed by atoms with Crippen LogP contribution in [0.15, 0.2) is 23.1 Å². The van der Waals surface area contributed by atoms with Crippen molar-refractivity contribution in [1.29, 1.82) is 0 Å². The van der Waals surface area contributed by atoms with Crippen LogP contribution >= 0.6 is 0 Å². The number of carbonyl (C=O) groups is 2. The number of benzene rings is 1. The molecule has 0 bridgehead atoms. The Kier molecular flexibility index (Phi) is 6.08. The van der Waals surface area contributed by atoms with Crippen LogP contribution in [0.3, 0.4) is 0 Å². The van der Waals surface area contributed by atoms with E-state index in [4.69, 9.17) is 4.74 Å². The fourth-order valence-corrected chi connectivity index (χ4v) is 5.23. The van der Waals surface area contributed by atoms with Crippen molar-refractivity contribution in [3.8, 4) is 0 Å². The summed E-state index contributed by atoms with van der Waals surface area (Å²) in [5.74, 6) is -1.48. The molecule has 1 aromatic rings. The summed E-state index contributed by atoms with van der Waals surface area (Å²) in [5.41, 5.74) is -0.216. The van der Waals surface area contributed by atoms with Gasteiger partial charge in [0.05, 0.1) is 30.6 Å². The molecule has 1 aromatic carbocycles. The van der Waals surface area contributed by atoms with Crippen molar-refractivity contribution in [2.24, 2.45) is 5.92 Å². The zero-order chi connectivity index (χ0) is 19.5. The number of esters is 2. The third-order valence-corrected chi connectivity index (χ3v) is 6.72. The molecule has 0 heterocycles. The van der Waals surface area contributed by atoms with E-state index in [0.29, 0.717) is 18.4 Å². The zero-order valence-electron chi connectivity index (χ0n) is 15.5. The fraction of sp³-hybridized carbons (Fsp3) is 0.556. The highest BCUT2D eigenvalue weighted by Gasteiger charge is 2.44. The van der Waals surface area contributed by atoms with Crippen LogP contribution in [0.25, 0.3) is 0 Å². The van der Waals surface area contributed by atoms with Gasteiger partial charge in [0.15, 0.2) is 0 Å². The van der Waals surface area contributed by atoms with E-state index in [1.54, 1.807) is 13.8 Å². The molecule has 0 spiro atoms. The molecule has 7 nitrogen and oxygen atoms in total. The summed E-state index contributed by atoms with van der Waals surface area (Å²) in [4.78, 5) is 23.8. The maximum atomic E-state index is 13.0. The van der Waals surface area contributed by atoms with Crippen molar-refractivity contribution < 1.29 is 27.5 Å². The molecule has 0 saturated heterocycles. The molecule has 26 heavy (non-hydrogen) atoms. The normalized spacial score (nSPS) is 23.3. The molecular weight excluding hydrogens is 358 g/mol. The lowest BCUT2D eigenvalue weighted by atomic mass is 9.74. The van der Waals surface area contributed by atoms with Gasteiger partial charge in [0.1, 0.15) is 0 Å². The number of ether oxygens (including phenoxy) is 2. The molecule has 1 aliphatic rings. The van der Waals surface area contributed by atoms with Crippen LogP contribution in [0.4, 0.5) is 0 Å². The molecule has 0 radical (unpaired) electrons. The lowest BCUT2D eigenvalue weighted by Crippen LogP contribution is -2.55. The SMILES string of the molecule is COC(=O)c1ccc(S(=O)(=O)NC2(C)CCCCC2C(=O)OC)c(C)c1. The minimum Gasteiger partial charge on any atom is -0.469 e. The summed E-state index contributed by atoms with van der Waals surface area (Å²) in [5, 5.41) is 0. The number of hydrogen-bond donors (Lipinski definition) is 1. The summed E-state index contributed by atoms with van der Waals surface area (Å²) in [6.45, 7) is 3.35. The molecule has 0 aromatic heterocycles. The molecular formula is C18H25NO6S. The van der Waals surface area contributed by atoms with Crippen molar-refractivity contribution in [1.82, 2.24) is 4.72 Å². The van der Waals surface area contributed by atoms with Gasteiger partial charge in [-0.1, -0.05) is 12.8 Å². The minimum atomic E-state index is -3.88. The van der Waals surface area contributed by atoms with E-state index >= 15 is 0 Å². The second kappa shape index (κ2) is 7.75. The number of rotatable bonds is 5. The van der Waals surface area contributed by atoms with Gasteiger partial charge in [-0.3, -0.25) is 4.79 Å². The minimum absolute atomic E-state index is 0.0700. The van der Waals surface area contributed by atoms with Crippen LogP contribution in [0.2, 0.25) is 0 Å². The predicted octanol–water partition coefficient (Wildman–Crippen LogP) is 2.18. The van der Waals surface area contributed by atoms with Crippen molar-refractivity contribution in [3.63, 3.8) is 0 Å². The van der Waals surface area contributed by atoms with E-state index in [9.17, 15) is 18.0 Å². The monoisotopic (exact) mass is 383 g/mol. The van der Waals surface area contributed by atoms with Crippen LogP contribution in [0, 0.1) is 12.8 Å². The molecule has 1 N–H and O–H groups in total. The molecule has 8 heteroatoms. The second-order valence-electron chi connectivity index (χ2n) is 6.82. The Balaban J connectivity index is 2.35. The smallest absolute Gasteiger partial charge is 0.337 e. The van der Waals surface area contributed by atoms with Gasteiger partial charge in [-0.15, -0.1) is 0 Å². The molecule has 2 unspecified atom stereocenters. The number of aryl methyl sites for hydroxylation is 1. The number of hydrogen-bond acceptors (Lipinski definition) is 6. The first kappa shape index (κ1) is 20.4. The number of carbonyl (C=O) groups excluding carboxylic acids is 2. The van der Waals surface area contributed by atoms with Crippen molar-refractivity contribution >= 4 is 22.0 Å². The topological polar surface area (TPSA) is 98.8 Å². The lowest BCUT2D eigenvalue weighted by Gasteiger charge is -2.40. The van der Waals surface area contributed by atoms with Crippen LogP contribution in [-0.4, -0.2) is 40.1 Å². The van der Waals surface area contributed by atoms with E-state index in [0.717, 1.165) is 12.8 Å². The maximum absolute atomic E-state index is 13.0. The first-order chi connectivity index (χ1) is 12.1. The summed E-state index contributed by atoms with van der Waals surface area (Å²) in [7, 11) is -1.31. The number of sulfonamides is 1. The molecule has 1 aliphatic carbocycles. The van der Waals surface area contributed by atoms with Crippen molar-refractivity contribution in [3.05, 3.63) is 29.3 Å². The van der Waals surface area contributed by atoms with Gasteiger partial charge in [-0.25, -0.2) is 17.9 Å². The molecule has 2 rings (SSSR count). The Morgan fingerprint density at radius 2 is 1.88 bits per heavy atom. The van der Waals surface area contributed by atoms with Gasteiger partial charge in [0, 0.05) is 5.54 Å². The average molecular weight is 383 g/mol. The predicted molar refractivity (Wildman–Crippen MR) is 95.2 cm³/mol. The molecule has 144 valence electrons. The van der Waals surface area contributed by atoms with Crippen LogP contribution in [-0.2, 0) is 24.3 Å². The van der Waals surface area contributed by atoms with Crippen molar-refractivity contribution in [2.45, 2.75) is 50.0 Å². The number of methoxy groups -OCH3 is 2. The van der Waals surface area contributed by atoms with Crippen LogP contribution in [0.5, 0.6) is 0 Å². The van der Waals surface area contributed by atoms with Gasteiger partial charge in [0.25, 0.3) is 0 Å². The van der Waals surface area contributed by atoms with Gasteiger partial charge >= 0.3 is 11.9 Å². The summed E-state index contributed by atoms with van der Waals surface area (Å²) < 4.78 is 38.1. The van der Waals surface area contributed by atoms with Gasteiger partial charge in [-0.2, -0.15) is 0 Å². The highest BCUT2D eigenvalue weighted by atomic mass is 32.2. The Morgan fingerprint density at radius 3 is 2.46 bits per heavy atom. The summed E-state index contributed by atoms with van der Waals surface area (Å²) in [6, 6.07) is 4.26. The van der Waals surface area contributed by atoms with Crippen molar-refractivity contribution in [2.75, 3.05) is 14.2 Å². The largest absolute Gasteiger partial charge is 0.469 e. The molecule has 0 aliphatic heterocycles. The van der Waals surface area contributed by atoms with E-state index in [-0.39, 0.29) is 10.5 Å². The lowest BCUT2D eigenvalue weighted by molar-refractivity contribution is -0.149. The Morgan fingerprint density at radius 1 is 1.19 bits per heavy atom. The first-order valence-corrected chi connectivity index (χ1v) is 9.93. The summed E-state index contributed by atoms with van der Waals surface area (Å²) in [6.07, 6.45) is 2.80. The first-order valence-electron chi connectivity index (χ1n) is 8.45. The van der Waals surface area contributed by atoms with Gasteiger partial charge in [0.2, 0.25) is 10.0 Å². The van der Waals surface area contributed by atoms with Gasteiger partial charge in [-0.05, 0) is 50.5 Å². The molecule has 0 amide bonds. The highest BCUT2D eigenvalue weighted by molar-refractivity contribution is 7.89. The molecule has 2 atom stereocenters. The zero-order valence-corrected chi connectivity index (χ0v) is 16.3. The maximum Gasteiger partial charge on any atom is 0.337 e. The summed E-state index contributed by atoms with van der Waals surface area (Å²) >= 11 is 0. The third kappa shape index (κ3) is 4.07. The Labute approximate surface area is 154 Å². The van der Waals surface area contributed by atoms with Crippen LogP contribution < -0.4 is 4.72 Å². The fourth-order valence-electron chi connectivity index (χ4n) is 3.53. The van der Waals surface area contributed by atoms with E-state index in [1.165, 1.54) is 32.4 Å². The third-order valence-electron chi connectivity index (χ3n) is 4.95. The van der Waals surface area contributed by atoms with Gasteiger partial charge < -0.3 is 9.47 Å². The Hall–Kier alpha value is -1.93. The second-order valence-corrected chi connectivity index (χ2v) is 8.47. The van der Waals surface area contributed by atoms with E-state index in [1.807, 2.05) is 0 Å². The highest BCUT2D eigenvalue weighted by Crippen LogP contribution is 2.36. The standard InChI is InChI=1S/C18H25NO6S/c1-12-11-13(16(20)24-3)8-9-15(12)26(22,23)19-18(2)10-6-5-7-14(18)17(21)25-4/h8-9,11,14,19H,5-7,10H2,1-4H3.